The summed E-state index contributed by atoms with van der Waals surface area (Å²) in [5.41, 5.74) is 8.84. The largest absolute Gasteiger partial charge is 0.307 e. The van der Waals surface area contributed by atoms with Crippen molar-refractivity contribution >= 4 is 49.1 Å². The van der Waals surface area contributed by atoms with Crippen LogP contribution in [0.4, 0.5) is 4.39 Å². The zero-order valence-corrected chi connectivity index (χ0v) is 17.8. The van der Waals surface area contributed by atoms with E-state index in [1.54, 1.807) is 18.5 Å². The van der Waals surface area contributed by atoms with Gasteiger partial charge in [0.05, 0.1) is 34.4 Å². The minimum Gasteiger partial charge on any atom is -0.307 e. The predicted octanol–water partition coefficient (Wildman–Crippen LogP) is 6.09. The molecule has 3 heterocycles. The Morgan fingerprint density at radius 1 is 1.00 bits per heavy atom. The normalized spacial score (nSPS) is 12.6. The third-order valence-electron chi connectivity index (χ3n) is 6.75. The molecule has 3 aromatic carbocycles. The van der Waals surface area contributed by atoms with Crippen molar-refractivity contribution in [3.63, 3.8) is 0 Å². The number of hydrogen-bond donors (Lipinski definition) is 0. The first-order valence-electron chi connectivity index (χ1n) is 10.4. The van der Waals surface area contributed by atoms with Crippen molar-refractivity contribution in [3.8, 4) is 0 Å². The molecule has 0 spiro atoms. The molecule has 0 radical (unpaired) electrons. The van der Waals surface area contributed by atoms with E-state index in [4.69, 9.17) is 0 Å². The Bertz CT molecular complexity index is 1660. The van der Waals surface area contributed by atoms with Gasteiger partial charge in [0, 0.05) is 16.8 Å². The number of benzene rings is 3. The van der Waals surface area contributed by atoms with Crippen molar-refractivity contribution < 1.29 is 8.96 Å². The highest BCUT2D eigenvalue weighted by molar-refractivity contribution is 6.26. The minimum atomic E-state index is -0.257. The van der Waals surface area contributed by atoms with E-state index in [0.717, 1.165) is 21.9 Å². The molecule has 148 valence electrons. The molecule has 30 heavy (non-hydrogen) atoms. The lowest BCUT2D eigenvalue weighted by atomic mass is 9.94. The first-order valence-corrected chi connectivity index (χ1v) is 10.4. The van der Waals surface area contributed by atoms with Gasteiger partial charge in [-0.05, 0) is 59.6 Å². The highest BCUT2D eigenvalue weighted by Gasteiger charge is 2.26. The molecule has 0 fully saturated rings. The third kappa shape index (κ3) is 1.99. The van der Waals surface area contributed by atoms with Crippen molar-refractivity contribution in [1.82, 2.24) is 9.38 Å². The predicted molar refractivity (Wildman–Crippen MR) is 121 cm³/mol. The van der Waals surface area contributed by atoms with Gasteiger partial charge in [-0.1, -0.05) is 26.0 Å². The molecule has 0 bridgehead atoms. The number of hydrogen-bond acceptors (Lipinski definition) is 1. The summed E-state index contributed by atoms with van der Waals surface area (Å²) < 4.78 is 19.0. The van der Waals surface area contributed by atoms with Crippen LogP contribution >= 0.6 is 0 Å². The number of aromatic nitrogens is 3. The molecular weight excluding hydrogens is 373 g/mol. The van der Waals surface area contributed by atoms with Crippen LogP contribution in [0.2, 0.25) is 0 Å². The maximum atomic E-state index is 14.7. The van der Waals surface area contributed by atoms with E-state index >= 15 is 0 Å². The van der Waals surface area contributed by atoms with Gasteiger partial charge < -0.3 is 4.40 Å². The fourth-order valence-corrected chi connectivity index (χ4v) is 5.29. The lowest BCUT2D eigenvalue weighted by Gasteiger charge is -2.14. The number of pyridine rings is 1. The molecule has 6 rings (SSSR count). The Balaban J connectivity index is 2.12. The van der Waals surface area contributed by atoms with Crippen molar-refractivity contribution in [3.05, 3.63) is 65.2 Å². The van der Waals surface area contributed by atoms with E-state index in [1.807, 2.05) is 7.05 Å². The molecule has 6 aromatic rings. The lowest BCUT2D eigenvalue weighted by Crippen LogP contribution is -2.30. The van der Waals surface area contributed by atoms with Gasteiger partial charge in [-0.15, -0.1) is 0 Å². The molecule has 0 atom stereocenters. The minimum absolute atomic E-state index is 0.257. The Kier molecular flexibility index (Phi) is 3.32. The van der Waals surface area contributed by atoms with E-state index < -0.39 is 0 Å². The van der Waals surface area contributed by atoms with Crippen LogP contribution in [0.5, 0.6) is 0 Å². The summed E-state index contributed by atoms with van der Waals surface area (Å²) in [7, 11) is 2.03. The van der Waals surface area contributed by atoms with Crippen molar-refractivity contribution in [1.29, 1.82) is 0 Å². The van der Waals surface area contributed by atoms with Crippen LogP contribution in [0.1, 0.15) is 36.5 Å². The summed E-state index contributed by atoms with van der Waals surface area (Å²) in [6.07, 6.45) is 1.80. The molecule has 3 aromatic heterocycles. The van der Waals surface area contributed by atoms with Crippen LogP contribution in [-0.2, 0) is 7.05 Å². The Hall–Kier alpha value is -3.27. The molecule has 0 aliphatic carbocycles. The van der Waals surface area contributed by atoms with Gasteiger partial charge in [-0.25, -0.2) is 8.96 Å². The number of halogens is 1. The van der Waals surface area contributed by atoms with E-state index in [9.17, 15) is 4.39 Å². The number of aryl methyl sites for hydroxylation is 3. The Morgan fingerprint density at radius 2 is 1.80 bits per heavy atom. The van der Waals surface area contributed by atoms with Crippen LogP contribution in [0.25, 0.3) is 49.1 Å². The first kappa shape index (κ1) is 17.6. The second-order valence-corrected chi connectivity index (χ2v) is 8.84. The van der Waals surface area contributed by atoms with Gasteiger partial charge in [0.2, 0.25) is 0 Å². The second-order valence-electron chi connectivity index (χ2n) is 8.84. The highest BCUT2D eigenvalue weighted by atomic mass is 19.1. The monoisotopic (exact) mass is 396 g/mol. The summed E-state index contributed by atoms with van der Waals surface area (Å²) in [4.78, 5) is 4.55. The molecule has 0 aliphatic rings. The Labute approximate surface area is 173 Å². The van der Waals surface area contributed by atoms with Crippen molar-refractivity contribution in [2.45, 2.75) is 33.6 Å². The van der Waals surface area contributed by atoms with Gasteiger partial charge in [0.15, 0.2) is 5.52 Å². The highest BCUT2D eigenvalue weighted by Crippen LogP contribution is 2.43. The maximum absolute atomic E-state index is 14.7. The van der Waals surface area contributed by atoms with Gasteiger partial charge in [0.25, 0.3) is 6.33 Å². The first-order chi connectivity index (χ1) is 14.4. The summed E-state index contributed by atoms with van der Waals surface area (Å²) in [5.74, 6) is 0.137. The molecule has 0 amide bonds. The van der Waals surface area contributed by atoms with Crippen LogP contribution in [0.15, 0.2) is 42.7 Å². The third-order valence-corrected chi connectivity index (χ3v) is 6.75. The Morgan fingerprint density at radius 3 is 2.57 bits per heavy atom. The smallest absolute Gasteiger partial charge is 0.287 e. The van der Waals surface area contributed by atoms with Gasteiger partial charge in [0.1, 0.15) is 11.3 Å². The molecular formula is C26H23FN3+. The van der Waals surface area contributed by atoms with E-state index in [-0.39, 0.29) is 5.82 Å². The topological polar surface area (TPSA) is 21.2 Å². The zero-order valence-electron chi connectivity index (χ0n) is 17.8. The van der Waals surface area contributed by atoms with E-state index in [2.05, 4.69) is 65.9 Å². The number of nitrogens with zero attached hydrogens (tertiary/aromatic N) is 3. The zero-order chi connectivity index (χ0) is 20.9. The van der Waals surface area contributed by atoms with Crippen LogP contribution in [0.3, 0.4) is 0 Å². The molecule has 3 nitrogen and oxygen atoms in total. The average molecular weight is 396 g/mol. The fraction of sp³-hybridized carbons (Fsp3) is 0.231. The number of fused-ring (bicyclic) bond motifs is 5. The second kappa shape index (κ2) is 5.66. The standard InChI is InChI=1S/C26H23FN3/c1-13(2)17-7-6-8-20-23(17)18-9-14(3)15(4)22-25(18)30(20)21-11-16(27)10-19-24(21)26(22)29(5)12-28-19/h6-13H,1-5H3/q+1. The van der Waals surface area contributed by atoms with Crippen molar-refractivity contribution in [2.75, 3.05) is 0 Å². The summed E-state index contributed by atoms with van der Waals surface area (Å²) >= 11 is 0. The van der Waals surface area contributed by atoms with Crippen LogP contribution in [-0.4, -0.2) is 9.38 Å². The summed E-state index contributed by atoms with van der Waals surface area (Å²) in [5, 5.41) is 4.75. The molecule has 4 heteroatoms. The van der Waals surface area contributed by atoms with Crippen molar-refractivity contribution in [2.24, 2.45) is 7.05 Å². The maximum Gasteiger partial charge on any atom is 0.287 e. The molecule has 0 unspecified atom stereocenters. The molecule has 0 N–H and O–H groups in total. The lowest BCUT2D eigenvalue weighted by molar-refractivity contribution is -0.646. The summed E-state index contributed by atoms with van der Waals surface area (Å²) in [6.45, 7) is 8.85. The molecule has 0 saturated heterocycles. The van der Waals surface area contributed by atoms with E-state index in [1.165, 1.54) is 38.4 Å². The fourth-order valence-electron chi connectivity index (χ4n) is 5.29. The van der Waals surface area contributed by atoms with Gasteiger partial charge in [-0.2, -0.15) is 0 Å². The summed E-state index contributed by atoms with van der Waals surface area (Å²) in [6, 6.07) is 12.0. The van der Waals surface area contributed by atoms with Gasteiger partial charge >= 0.3 is 0 Å². The van der Waals surface area contributed by atoms with Gasteiger partial charge in [-0.3, -0.25) is 0 Å². The average Bonchev–Trinajstić information content (AvgIpc) is 3.04. The molecule has 0 aliphatic heterocycles. The molecule has 0 saturated carbocycles. The van der Waals surface area contributed by atoms with Crippen LogP contribution < -0.4 is 4.57 Å². The number of rotatable bonds is 1. The van der Waals surface area contributed by atoms with E-state index in [0.29, 0.717) is 11.4 Å². The van der Waals surface area contributed by atoms with Crippen LogP contribution in [0, 0.1) is 19.7 Å². The SMILES string of the molecule is Cc1cc2c3c(C(C)C)cccc3n3c4cc(F)cc5nc[n+](C)c(c(c1C)c23)c54. The quantitative estimate of drug-likeness (QED) is 0.187.